The third-order valence-electron chi connectivity index (χ3n) is 4.11. The monoisotopic (exact) mass is 264 g/mol. The Balaban J connectivity index is 2.02. The van der Waals surface area contributed by atoms with E-state index in [1.54, 1.807) is 0 Å². The van der Waals surface area contributed by atoms with Crippen molar-refractivity contribution in [3.8, 4) is 0 Å². The van der Waals surface area contributed by atoms with Crippen LogP contribution in [0.2, 0.25) is 5.02 Å². The first-order valence-corrected chi connectivity index (χ1v) is 7.35. The van der Waals surface area contributed by atoms with Crippen LogP contribution in [0.4, 0.5) is 0 Å². The van der Waals surface area contributed by atoms with Gasteiger partial charge in [0.25, 0.3) is 0 Å². The van der Waals surface area contributed by atoms with Crippen molar-refractivity contribution in [2.45, 2.75) is 45.4 Å². The third-order valence-corrected chi connectivity index (χ3v) is 4.35. The maximum Gasteiger partial charge on any atom is 0.140 e. The van der Waals surface area contributed by atoms with Gasteiger partial charge in [-0.15, -0.1) is 0 Å². The Morgan fingerprint density at radius 1 is 1.33 bits per heavy atom. The second kappa shape index (κ2) is 6.38. The molecule has 0 N–H and O–H groups in total. The number of hydrogen-bond acceptors (Lipinski definition) is 1. The Bertz CT molecular complexity index is 413. The molecule has 0 aromatic heterocycles. The minimum Gasteiger partial charge on any atom is -0.299 e. The minimum absolute atomic E-state index is 0.280. The summed E-state index contributed by atoms with van der Waals surface area (Å²) in [5.41, 5.74) is 1.05. The zero-order chi connectivity index (χ0) is 13.0. The quantitative estimate of drug-likeness (QED) is 0.772. The molecular weight excluding hydrogens is 244 g/mol. The summed E-state index contributed by atoms with van der Waals surface area (Å²) >= 11 is 5.96. The number of halogens is 1. The standard InChI is InChI=1S/C16H21ClO/c1-2-13-7-3-4-9-15(13)16(18)11-12-6-5-8-14(17)10-12/h5-6,8,10,13,15H,2-4,7,9,11H2,1H3. The van der Waals surface area contributed by atoms with Crippen LogP contribution in [0.3, 0.4) is 0 Å². The van der Waals surface area contributed by atoms with E-state index < -0.39 is 0 Å². The summed E-state index contributed by atoms with van der Waals surface area (Å²) in [5, 5.41) is 0.719. The average Bonchev–Trinajstić information content (AvgIpc) is 2.38. The molecule has 0 heterocycles. The summed E-state index contributed by atoms with van der Waals surface area (Å²) < 4.78 is 0. The third kappa shape index (κ3) is 3.35. The van der Waals surface area contributed by atoms with E-state index in [0.29, 0.717) is 18.1 Å². The fraction of sp³-hybridized carbons (Fsp3) is 0.562. The number of benzene rings is 1. The van der Waals surface area contributed by atoms with E-state index in [2.05, 4.69) is 6.92 Å². The number of Topliss-reactive ketones (excluding diaryl/α,β-unsaturated/α-hetero) is 1. The van der Waals surface area contributed by atoms with Crippen molar-refractivity contribution in [3.63, 3.8) is 0 Å². The van der Waals surface area contributed by atoms with Crippen molar-refractivity contribution >= 4 is 17.4 Å². The molecule has 98 valence electrons. The Kier molecular flexibility index (Phi) is 4.82. The number of rotatable bonds is 4. The summed E-state index contributed by atoms with van der Waals surface area (Å²) in [6, 6.07) is 7.67. The number of carbonyl (C=O) groups excluding carboxylic acids is 1. The van der Waals surface area contributed by atoms with Crippen LogP contribution in [0.25, 0.3) is 0 Å². The molecule has 2 atom stereocenters. The van der Waals surface area contributed by atoms with Crippen LogP contribution in [0.5, 0.6) is 0 Å². The highest BCUT2D eigenvalue weighted by atomic mass is 35.5. The van der Waals surface area contributed by atoms with Crippen LogP contribution in [-0.4, -0.2) is 5.78 Å². The zero-order valence-corrected chi connectivity index (χ0v) is 11.7. The van der Waals surface area contributed by atoms with Crippen LogP contribution in [0.1, 0.15) is 44.6 Å². The molecule has 1 nitrogen and oxygen atoms in total. The Morgan fingerprint density at radius 3 is 2.83 bits per heavy atom. The number of carbonyl (C=O) groups is 1. The SMILES string of the molecule is CCC1CCCCC1C(=O)Cc1cccc(Cl)c1. The van der Waals surface area contributed by atoms with Gasteiger partial charge < -0.3 is 0 Å². The molecule has 0 radical (unpaired) electrons. The van der Waals surface area contributed by atoms with Gasteiger partial charge in [-0.2, -0.15) is 0 Å². The van der Waals surface area contributed by atoms with Crippen LogP contribution < -0.4 is 0 Å². The first-order chi connectivity index (χ1) is 8.70. The molecule has 0 bridgehead atoms. The molecule has 1 saturated carbocycles. The largest absolute Gasteiger partial charge is 0.299 e. The highest BCUT2D eigenvalue weighted by Gasteiger charge is 2.29. The molecule has 2 rings (SSSR count). The highest BCUT2D eigenvalue weighted by molar-refractivity contribution is 6.30. The molecule has 1 aromatic carbocycles. The molecular formula is C16H21ClO. The van der Waals surface area contributed by atoms with Gasteiger partial charge in [0, 0.05) is 17.4 Å². The predicted molar refractivity (Wildman–Crippen MR) is 75.9 cm³/mol. The molecule has 0 spiro atoms. The fourth-order valence-corrected chi connectivity index (χ4v) is 3.31. The second-order valence-corrected chi connectivity index (χ2v) is 5.77. The van der Waals surface area contributed by atoms with Gasteiger partial charge in [-0.3, -0.25) is 4.79 Å². The summed E-state index contributed by atoms with van der Waals surface area (Å²) in [5.74, 6) is 1.29. The summed E-state index contributed by atoms with van der Waals surface area (Å²) in [7, 11) is 0. The Hall–Kier alpha value is -0.820. The first-order valence-electron chi connectivity index (χ1n) is 6.98. The zero-order valence-electron chi connectivity index (χ0n) is 11.0. The molecule has 2 unspecified atom stereocenters. The van der Waals surface area contributed by atoms with Crippen LogP contribution in [0.15, 0.2) is 24.3 Å². The van der Waals surface area contributed by atoms with Gasteiger partial charge in [-0.25, -0.2) is 0 Å². The van der Waals surface area contributed by atoms with Gasteiger partial charge in [-0.1, -0.05) is 49.9 Å². The fourth-order valence-electron chi connectivity index (χ4n) is 3.10. The maximum absolute atomic E-state index is 12.4. The second-order valence-electron chi connectivity index (χ2n) is 5.33. The maximum atomic E-state index is 12.4. The lowest BCUT2D eigenvalue weighted by atomic mass is 9.74. The summed E-state index contributed by atoms with van der Waals surface area (Å²) in [6.45, 7) is 2.20. The van der Waals surface area contributed by atoms with Crippen LogP contribution in [0, 0.1) is 11.8 Å². The van der Waals surface area contributed by atoms with Crippen LogP contribution in [-0.2, 0) is 11.2 Å². The highest BCUT2D eigenvalue weighted by Crippen LogP contribution is 2.33. The number of ketones is 1. The van der Waals surface area contributed by atoms with Crippen molar-refractivity contribution in [2.75, 3.05) is 0 Å². The topological polar surface area (TPSA) is 17.1 Å². The van der Waals surface area contributed by atoms with E-state index in [1.807, 2.05) is 24.3 Å². The summed E-state index contributed by atoms with van der Waals surface area (Å²) in [6.07, 6.45) is 6.48. The van der Waals surface area contributed by atoms with Gasteiger partial charge in [0.05, 0.1) is 0 Å². The molecule has 0 aliphatic heterocycles. The van der Waals surface area contributed by atoms with Crippen molar-refractivity contribution in [1.82, 2.24) is 0 Å². The molecule has 2 heteroatoms. The van der Waals surface area contributed by atoms with E-state index in [0.717, 1.165) is 23.4 Å². The van der Waals surface area contributed by atoms with E-state index in [-0.39, 0.29) is 5.92 Å². The molecule has 0 amide bonds. The lowest BCUT2D eigenvalue weighted by molar-refractivity contribution is -0.125. The van der Waals surface area contributed by atoms with Gasteiger partial charge in [0.1, 0.15) is 5.78 Å². The Morgan fingerprint density at radius 2 is 2.11 bits per heavy atom. The van der Waals surface area contributed by atoms with Crippen molar-refractivity contribution in [2.24, 2.45) is 11.8 Å². The van der Waals surface area contributed by atoms with Crippen molar-refractivity contribution in [3.05, 3.63) is 34.9 Å². The first kappa shape index (κ1) is 13.6. The predicted octanol–water partition coefficient (Wildman–Crippen LogP) is 4.67. The molecule has 0 saturated heterocycles. The summed E-state index contributed by atoms with van der Waals surface area (Å²) in [4.78, 5) is 12.4. The van der Waals surface area contributed by atoms with Crippen molar-refractivity contribution in [1.29, 1.82) is 0 Å². The number of hydrogen-bond donors (Lipinski definition) is 0. The Labute approximate surface area is 115 Å². The van der Waals surface area contributed by atoms with Crippen molar-refractivity contribution < 1.29 is 4.79 Å². The van der Waals surface area contributed by atoms with Crippen LogP contribution >= 0.6 is 11.6 Å². The van der Waals surface area contributed by atoms with Gasteiger partial charge in [0.2, 0.25) is 0 Å². The molecule has 1 fully saturated rings. The minimum atomic E-state index is 0.280. The van der Waals surface area contributed by atoms with Gasteiger partial charge in [-0.05, 0) is 36.5 Å². The molecule has 1 aliphatic carbocycles. The smallest absolute Gasteiger partial charge is 0.140 e. The van der Waals surface area contributed by atoms with E-state index in [1.165, 1.54) is 19.3 Å². The average molecular weight is 265 g/mol. The van der Waals surface area contributed by atoms with Gasteiger partial charge >= 0.3 is 0 Å². The molecule has 1 aliphatic rings. The normalized spacial score (nSPS) is 23.9. The van der Waals surface area contributed by atoms with E-state index in [4.69, 9.17) is 11.6 Å². The lowest BCUT2D eigenvalue weighted by Crippen LogP contribution is -2.28. The molecule has 18 heavy (non-hydrogen) atoms. The van der Waals surface area contributed by atoms with E-state index >= 15 is 0 Å². The van der Waals surface area contributed by atoms with E-state index in [9.17, 15) is 4.79 Å². The molecule has 1 aromatic rings. The lowest BCUT2D eigenvalue weighted by Gasteiger charge is -2.29. The van der Waals surface area contributed by atoms with Gasteiger partial charge in [0.15, 0.2) is 0 Å².